The molecule has 0 spiro atoms. The second-order valence-electron chi connectivity index (χ2n) is 5.49. The van der Waals surface area contributed by atoms with Crippen molar-refractivity contribution in [3.05, 3.63) is 59.0 Å². The Hall–Kier alpha value is -3.19. The summed E-state index contributed by atoms with van der Waals surface area (Å²) in [5.41, 5.74) is 4.17. The number of hydrogen-bond donors (Lipinski definition) is 1. The van der Waals surface area contributed by atoms with Gasteiger partial charge in [-0.2, -0.15) is 5.10 Å². The van der Waals surface area contributed by atoms with Crippen molar-refractivity contribution < 1.29 is 14.3 Å². The average molecular weight is 369 g/mol. The number of amides is 1. The molecule has 0 atom stereocenters. The standard InChI is InChI=1S/C18H13ClN4O3/c19-17-13(10-21-23-18(24)11-1-3-20-4-2-11)7-12-8-15-16(9-14(12)22-17)26-6-5-25-15/h1-4,7-10H,5-6H2,(H,23,24). The van der Waals surface area contributed by atoms with Crippen molar-refractivity contribution in [3.8, 4) is 11.5 Å². The predicted octanol–water partition coefficient (Wildman–Crippen LogP) is 2.82. The number of rotatable bonds is 3. The smallest absolute Gasteiger partial charge is 0.271 e. The summed E-state index contributed by atoms with van der Waals surface area (Å²) in [6.45, 7) is 1.02. The fourth-order valence-corrected chi connectivity index (χ4v) is 2.72. The van der Waals surface area contributed by atoms with E-state index >= 15 is 0 Å². The summed E-state index contributed by atoms with van der Waals surface area (Å²) in [5.74, 6) is 0.980. The zero-order valence-corrected chi connectivity index (χ0v) is 14.2. The number of nitrogens with zero attached hydrogens (tertiary/aromatic N) is 3. The third-order valence-electron chi connectivity index (χ3n) is 3.77. The second kappa shape index (κ2) is 6.97. The van der Waals surface area contributed by atoms with Gasteiger partial charge in [0.2, 0.25) is 0 Å². The van der Waals surface area contributed by atoms with Gasteiger partial charge in [0.05, 0.1) is 11.7 Å². The Morgan fingerprint density at radius 1 is 1.15 bits per heavy atom. The van der Waals surface area contributed by atoms with E-state index < -0.39 is 0 Å². The molecule has 1 aromatic carbocycles. The summed E-state index contributed by atoms with van der Waals surface area (Å²) in [5, 5.41) is 5.06. The molecule has 26 heavy (non-hydrogen) atoms. The maximum Gasteiger partial charge on any atom is 0.271 e. The van der Waals surface area contributed by atoms with E-state index in [1.54, 1.807) is 18.2 Å². The first-order valence-corrected chi connectivity index (χ1v) is 8.22. The monoisotopic (exact) mass is 368 g/mol. The Bertz CT molecular complexity index is 1010. The molecular formula is C18H13ClN4O3. The van der Waals surface area contributed by atoms with Crippen molar-refractivity contribution >= 4 is 34.6 Å². The number of fused-ring (bicyclic) bond motifs is 2. The van der Waals surface area contributed by atoms with Crippen molar-refractivity contribution in [2.45, 2.75) is 0 Å². The van der Waals surface area contributed by atoms with Gasteiger partial charge in [-0.1, -0.05) is 11.6 Å². The molecular weight excluding hydrogens is 356 g/mol. The molecule has 0 saturated heterocycles. The lowest BCUT2D eigenvalue weighted by Gasteiger charge is -2.18. The van der Waals surface area contributed by atoms with E-state index in [9.17, 15) is 4.79 Å². The molecule has 0 fully saturated rings. The van der Waals surface area contributed by atoms with Gasteiger partial charge >= 0.3 is 0 Å². The van der Waals surface area contributed by atoms with Crippen LogP contribution >= 0.6 is 11.6 Å². The molecule has 8 heteroatoms. The van der Waals surface area contributed by atoms with Crippen LogP contribution in [0.2, 0.25) is 5.15 Å². The van der Waals surface area contributed by atoms with Crippen molar-refractivity contribution in [2.75, 3.05) is 13.2 Å². The number of benzene rings is 1. The molecule has 0 radical (unpaired) electrons. The number of ether oxygens (including phenoxy) is 2. The van der Waals surface area contributed by atoms with Crippen molar-refractivity contribution in [2.24, 2.45) is 5.10 Å². The summed E-state index contributed by atoms with van der Waals surface area (Å²) < 4.78 is 11.1. The van der Waals surface area contributed by atoms with E-state index in [0.29, 0.717) is 41.4 Å². The van der Waals surface area contributed by atoms with Gasteiger partial charge in [0.15, 0.2) is 11.5 Å². The highest BCUT2D eigenvalue weighted by Gasteiger charge is 2.14. The number of aromatic nitrogens is 2. The molecule has 1 amide bonds. The first-order valence-electron chi connectivity index (χ1n) is 7.84. The van der Waals surface area contributed by atoms with Crippen molar-refractivity contribution in [1.82, 2.24) is 15.4 Å². The van der Waals surface area contributed by atoms with Gasteiger partial charge in [-0.15, -0.1) is 0 Å². The molecule has 1 N–H and O–H groups in total. The highest BCUT2D eigenvalue weighted by atomic mass is 35.5. The number of pyridine rings is 2. The SMILES string of the molecule is O=C(NN=Cc1cc2cc3c(cc2nc1Cl)OCCO3)c1ccncc1. The van der Waals surface area contributed by atoms with Crippen LogP contribution in [0.1, 0.15) is 15.9 Å². The van der Waals surface area contributed by atoms with E-state index in [0.717, 1.165) is 5.39 Å². The van der Waals surface area contributed by atoms with Crippen LogP contribution in [0, 0.1) is 0 Å². The molecule has 0 aliphatic carbocycles. The predicted molar refractivity (Wildman–Crippen MR) is 97.0 cm³/mol. The molecule has 3 heterocycles. The Morgan fingerprint density at radius 2 is 1.88 bits per heavy atom. The number of halogens is 1. The van der Waals surface area contributed by atoms with Crippen LogP contribution in [0.15, 0.2) is 47.8 Å². The molecule has 0 saturated carbocycles. The topological polar surface area (TPSA) is 85.7 Å². The minimum Gasteiger partial charge on any atom is -0.486 e. The summed E-state index contributed by atoms with van der Waals surface area (Å²) >= 11 is 6.22. The minimum atomic E-state index is -0.340. The summed E-state index contributed by atoms with van der Waals surface area (Å²) in [7, 11) is 0. The number of carbonyl (C=O) groups excluding carboxylic acids is 1. The zero-order chi connectivity index (χ0) is 17.9. The van der Waals surface area contributed by atoms with E-state index in [4.69, 9.17) is 21.1 Å². The van der Waals surface area contributed by atoms with E-state index in [2.05, 4.69) is 20.5 Å². The van der Waals surface area contributed by atoms with Gasteiger partial charge in [-0.25, -0.2) is 10.4 Å². The van der Waals surface area contributed by atoms with Gasteiger partial charge < -0.3 is 9.47 Å². The van der Waals surface area contributed by atoms with Crippen molar-refractivity contribution in [3.63, 3.8) is 0 Å². The van der Waals surface area contributed by atoms with E-state index in [1.165, 1.54) is 18.6 Å². The summed E-state index contributed by atoms with van der Waals surface area (Å²) in [4.78, 5) is 20.2. The van der Waals surface area contributed by atoms with Gasteiger partial charge in [0, 0.05) is 35.0 Å². The largest absolute Gasteiger partial charge is 0.486 e. The molecule has 3 aromatic rings. The van der Waals surface area contributed by atoms with E-state index in [1.807, 2.05) is 12.1 Å². The number of hydrazone groups is 1. The first-order chi connectivity index (χ1) is 12.7. The van der Waals surface area contributed by atoms with Crippen LogP contribution in [-0.2, 0) is 0 Å². The maximum absolute atomic E-state index is 12.0. The lowest BCUT2D eigenvalue weighted by molar-refractivity contribution is 0.0955. The number of hydrogen-bond acceptors (Lipinski definition) is 6. The Balaban J connectivity index is 1.58. The maximum atomic E-state index is 12.0. The molecule has 0 unspecified atom stereocenters. The van der Waals surface area contributed by atoms with Crippen LogP contribution in [-0.4, -0.2) is 35.3 Å². The summed E-state index contributed by atoms with van der Waals surface area (Å²) in [6.07, 6.45) is 4.52. The zero-order valence-electron chi connectivity index (χ0n) is 13.5. The second-order valence-corrected chi connectivity index (χ2v) is 5.85. The van der Waals surface area contributed by atoms with Gasteiger partial charge in [0.25, 0.3) is 5.91 Å². The van der Waals surface area contributed by atoms with Crippen LogP contribution < -0.4 is 14.9 Å². The van der Waals surface area contributed by atoms with Crippen LogP contribution in [0.4, 0.5) is 0 Å². The third-order valence-corrected chi connectivity index (χ3v) is 4.07. The molecule has 130 valence electrons. The quantitative estimate of drug-likeness (QED) is 0.436. The summed E-state index contributed by atoms with van der Waals surface area (Å²) in [6, 6.07) is 8.66. The fourth-order valence-electron chi connectivity index (χ4n) is 2.52. The Labute approximate surface area is 153 Å². The average Bonchev–Trinajstić information content (AvgIpc) is 2.67. The van der Waals surface area contributed by atoms with Crippen LogP contribution in [0.25, 0.3) is 10.9 Å². The highest BCUT2D eigenvalue weighted by Crippen LogP contribution is 2.34. The normalized spacial score (nSPS) is 13.1. The molecule has 7 nitrogen and oxygen atoms in total. The lowest BCUT2D eigenvalue weighted by Crippen LogP contribution is -2.17. The molecule has 1 aliphatic heterocycles. The molecule has 2 aromatic heterocycles. The fraction of sp³-hybridized carbons (Fsp3) is 0.111. The van der Waals surface area contributed by atoms with Gasteiger partial charge in [0.1, 0.15) is 18.4 Å². The van der Waals surface area contributed by atoms with Gasteiger partial charge in [-0.05, 0) is 24.3 Å². The molecule has 0 bridgehead atoms. The molecule has 1 aliphatic rings. The highest BCUT2D eigenvalue weighted by molar-refractivity contribution is 6.32. The van der Waals surface area contributed by atoms with E-state index in [-0.39, 0.29) is 11.1 Å². The van der Waals surface area contributed by atoms with Crippen LogP contribution in [0.3, 0.4) is 0 Å². The first kappa shape index (κ1) is 16.3. The lowest BCUT2D eigenvalue weighted by atomic mass is 10.1. The molecule has 4 rings (SSSR count). The van der Waals surface area contributed by atoms with Crippen molar-refractivity contribution in [1.29, 1.82) is 0 Å². The number of nitrogens with one attached hydrogen (secondary N) is 1. The van der Waals surface area contributed by atoms with Crippen LogP contribution in [0.5, 0.6) is 11.5 Å². The Morgan fingerprint density at radius 3 is 2.65 bits per heavy atom. The third kappa shape index (κ3) is 3.29. The number of carbonyl (C=O) groups is 1. The minimum absolute atomic E-state index is 0.274. The van der Waals surface area contributed by atoms with Gasteiger partial charge in [-0.3, -0.25) is 9.78 Å². The Kier molecular flexibility index (Phi) is 4.37.